The Labute approximate surface area is 139 Å². The molecule has 2 aliphatic carbocycles. The molecule has 3 unspecified atom stereocenters. The van der Waals surface area contributed by atoms with Gasteiger partial charge in [-0.15, -0.1) is 0 Å². The molecule has 1 fully saturated rings. The number of hydrogen-bond donors (Lipinski definition) is 1. The van der Waals surface area contributed by atoms with Crippen LogP contribution in [0.25, 0.3) is 10.9 Å². The van der Waals surface area contributed by atoms with E-state index in [1.54, 1.807) is 10.6 Å². The van der Waals surface area contributed by atoms with Crippen molar-refractivity contribution >= 4 is 22.5 Å². The van der Waals surface area contributed by atoms with Crippen molar-refractivity contribution in [2.75, 3.05) is 5.32 Å². The quantitative estimate of drug-likeness (QED) is 0.864. The zero-order valence-corrected chi connectivity index (χ0v) is 13.4. The molecule has 1 aromatic carbocycles. The normalized spacial score (nSPS) is 26.9. The lowest BCUT2D eigenvalue weighted by Gasteiger charge is -2.17. The van der Waals surface area contributed by atoms with Crippen LogP contribution in [-0.4, -0.2) is 15.5 Å². The third-order valence-corrected chi connectivity index (χ3v) is 5.70. The average molecular weight is 321 g/mol. The fourth-order valence-electron chi connectivity index (χ4n) is 4.48. The Morgan fingerprint density at radius 2 is 2.17 bits per heavy atom. The fraction of sp³-hybridized carbons (Fsp3) is 0.421. The highest BCUT2D eigenvalue weighted by Crippen LogP contribution is 2.43. The van der Waals surface area contributed by atoms with Gasteiger partial charge in [0, 0.05) is 24.6 Å². The molecule has 0 radical (unpaired) electrons. The first-order valence-corrected chi connectivity index (χ1v) is 8.72. The number of carbonyl (C=O) groups excluding carboxylic acids is 1. The van der Waals surface area contributed by atoms with Gasteiger partial charge in [0.15, 0.2) is 0 Å². The minimum atomic E-state index is 0.00598. The second-order valence-corrected chi connectivity index (χ2v) is 7.20. The van der Waals surface area contributed by atoms with E-state index in [-0.39, 0.29) is 17.4 Å². The number of aryl methyl sites for hydroxylation is 1. The molecular formula is C19H19N3O2. The number of aromatic nitrogens is 2. The van der Waals surface area contributed by atoms with Crippen LogP contribution in [0.1, 0.15) is 25.1 Å². The van der Waals surface area contributed by atoms with Crippen LogP contribution in [0.2, 0.25) is 0 Å². The molecule has 1 aliphatic heterocycles. The van der Waals surface area contributed by atoms with Crippen molar-refractivity contribution in [2.24, 2.45) is 17.8 Å². The molecule has 2 heterocycles. The molecular weight excluding hydrogens is 302 g/mol. The largest absolute Gasteiger partial charge is 0.326 e. The molecule has 24 heavy (non-hydrogen) atoms. The number of fused-ring (bicyclic) bond motifs is 4. The van der Waals surface area contributed by atoms with Gasteiger partial charge in [-0.3, -0.25) is 14.2 Å². The molecule has 5 heteroatoms. The Kier molecular flexibility index (Phi) is 2.93. The van der Waals surface area contributed by atoms with E-state index in [0.717, 1.165) is 38.1 Å². The van der Waals surface area contributed by atoms with Crippen LogP contribution < -0.4 is 10.9 Å². The van der Waals surface area contributed by atoms with Crippen molar-refractivity contribution in [1.29, 1.82) is 0 Å². The molecule has 2 aromatic rings. The third-order valence-electron chi connectivity index (χ3n) is 5.70. The van der Waals surface area contributed by atoms with Crippen LogP contribution in [0, 0.1) is 17.8 Å². The predicted octanol–water partition coefficient (Wildman–Crippen LogP) is 2.49. The summed E-state index contributed by atoms with van der Waals surface area (Å²) in [5, 5.41) is 3.60. The van der Waals surface area contributed by atoms with Crippen LogP contribution in [0.5, 0.6) is 0 Å². The van der Waals surface area contributed by atoms with E-state index in [1.165, 1.54) is 0 Å². The number of rotatable bonds is 2. The zero-order valence-electron chi connectivity index (χ0n) is 13.4. The molecule has 3 atom stereocenters. The second kappa shape index (κ2) is 5.03. The van der Waals surface area contributed by atoms with Crippen LogP contribution in [-0.2, 0) is 17.8 Å². The van der Waals surface area contributed by atoms with Crippen LogP contribution in [0.3, 0.4) is 0 Å². The topological polar surface area (TPSA) is 64.0 Å². The maximum atomic E-state index is 12.6. The van der Waals surface area contributed by atoms with Gasteiger partial charge >= 0.3 is 0 Å². The van der Waals surface area contributed by atoms with E-state index in [1.807, 2.05) is 12.1 Å². The molecule has 2 bridgehead atoms. The summed E-state index contributed by atoms with van der Waals surface area (Å²) in [7, 11) is 0. The summed E-state index contributed by atoms with van der Waals surface area (Å²) in [6, 6.07) is 5.46. The van der Waals surface area contributed by atoms with Gasteiger partial charge in [0.1, 0.15) is 5.82 Å². The zero-order chi connectivity index (χ0) is 16.3. The number of nitrogens with zero attached hydrogens (tertiary/aromatic N) is 2. The number of allylic oxidation sites excluding steroid dienone is 2. The molecule has 1 aromatic heterocycles. The molecule has 3 aliphatic rings. The summed E-state index contributed by atoms with van der Waals surface area (Å²) in [5.41, 5.74) is 1.41. The van der Waals surface area contributed by atoms with Gasteiger partial charge in [0.05, 0.1) is 10.9 Å². The molecule has 0 spiro atoms. The van der Waals surface area contributed by atoms with Crippen molar-refractivity contribution in [3.05, 3.63) is 46.5 Å². The monoisotopic (exact) mass is 321 g/mol. The maximum absolute atomic E-state index is 12.6. The lowest BCUT2D eigenvalue weighted by atomic mass is 9.93. The highest BCUT2D eigenvalue weighted by molar-refractivity contribution is 5.95. The predicted molar refractivity (Wildman–Crippen MR) is 91.8 cm³/mol. The highest BCUT2D eigenvalue weighted by Gasteiger charge is 2.39. The summed E-state index contributed by atoms with van der Waals surface area (Å²) in [4.78, 5) is 29.8. The smallest absolute Gasteiger partial charge is 0.261 e. The lowest BCUT2D eigenvalue weighted by molar-refractivity contribution is -0.120. The van der Waals surface area contributed by atoms with E-state index >= 15 is 0 Å². The van der Waals surface area contributed by atoms with Crippen molar-refractivity contribution in [2.45, 2.75) is 32.2 Å². The average Bonchev–Trinajstić information content (AvgIpc) is 3.31. The van der Waals surface area contributed by atoms with Crippen LogP contribution in [0.15, 0.2) is 35.1 Å². The van der Waals surface area contributed by atoms with Gasteiger partial charge in [0.2, 0.25) is 5.91 Å². The van der Waals surface area contributed by atoms with Gasteiger partial charge in [-0.25, -0.2) is 4.98 Å². The number of amides is 1. The first kappa shape index (κ1) is 14.0. The minimum Gasteiger partial charge on any atom is -0.326 e. The van der Waals surface area contributed by atoms with Gasteiger partial charge < -0.3 is 5.32 Å². The van der Waals surface area contributed by atoms with Crippen molar-refractivity contribution in [3.63, 3.8) is 0 Å². The van der Waals surface area contributed by atoms with Gasteiger partial charge in [-0.1, -0.05) is 12.2 Å². The second-order valence-electron chi connectivity index (χ2n) is 7.20. The number of anilines is 1. The highest BCUT2D eigenvalue weighted by atomic mass is 16.2. The van der Waals surface area contributed by atoms with Gasteiger partial charge in [-0.05, 0) is 49.3 Å². The number of benzene rings is 1. The molecule has 0 saturated heterocycles. The van der Waals surface area contributed by atoms with Crippen molar-refractivity contribution in [3.8, 4) is 0 Å². The summed E-state index contributed by atoms with van der Waals surface area (Å²) < 4.78 is 1.76. The SMILES string of the molecule is O=C(Nc1ccc2nc3n(c(=O)c2c1)CCC3)C1CC2C=CC1C2. The number of nitrogens with one attached hydrogen (secondary N) is 1. The fourth-order valence-corrected chi connectivity index (χ4v) is 4.48. The molecule has 1 amide bonds. The van der Waals surface area contributed by atoms with Crippen LogP contribution in [0.4, 0.5) is 5.69 Å². The van der Waals surface area contributed by atoms with E-state index in [2.05, 4.69) is 22.5 Å². The summed E-state index contributed by atoms with van der Waals surface area (Å²) in [6.45, 7) is 0.741. The molecule has 5 rings (SSSR count). The maximum Gasteiger partial charge on any atom is 0.261 e. The summed E-state index contributed by atoms with van der Waals surface area (Å²) in [6.07, 6.45) is 8.29. The molecule has 1 saturated carbocycles. The van der Waals surface area contributed by atoms with E-state index in [9.17, 15) is 9.59 Å². The Morgan fingerprint density at radius 1 is 1.25 bits per heavy atom. The first-order valence-electron chi connectivity index (χ1n) is 8.72. The van der Waals surface area contributed by atoms with E-state index in [0.29, 0.717) is 28.4 Å². The van der Waals surface area contributed by atoms with E-state index < -0.39 is 0 Å². The summed E-state index contributed by atoms with van der Waals surface area (Å²) in [5.74, 6) is 1.96. The van der Waals surface area contributed by atoms with Gasteiger partial charge in [0.25, 0.3) is 5.56 Å². The van der Waals surface area contributed by atoms with Crippen molar-refractivity contribution in [1.82, 2.24) is 9.55 Å². The standard InChI is InChI=1S/C19H19N3O2/c23-18(14-9-11-3-4-12(14)8-11)20-13-5-6-16-15(10-13)19(24)22-7-1-2-17(22)21-16/h3-6,10-12,14H,1-2,7-9H2,(H,20,23). The Hall–Kier alpha value is -2.43. The van der Waals surface area contributed by atoms with Crippen molar-refractivity contribution < 1.29 is 4.79 Å². The van der Waals surface area contributed by atoms with Gasteiger partial charge in [-0.2, -0.15) is 0 Å². The Morgan fingerprint density at radius 3 is 2.96 bits per heavy atom. The third kappa shape index (κ3) is 2.04. The number of hydrogen-bond acceptors (Lipinski definition) is 3. The summed E-state index contributed by atoms with van der Waals surface area (Å²) >= 11 is 0. The Bertz CT molecular complexity index is 944. The number of carbonyl (C=O) groups is 1. The first-order chi connectivity index (χ1) is 11.7. The molecule has 122 valence electrons. The lowest BCUT2D eigenvalue weighted by Crippen LogP contribution is -2.26. The molecule has 1 N–H and O–H groups in total. The van der Waals surface area contributed by atoms with E-state index in [4.69, 9.17) is 0 Å². The Balaban J connectivity index is 1.46. The minimum absolute atomic E-state index is 0.00598. The van der Waals surface area contributed by atoms with Crippen LogP contribution >= 0.6 is 0 Å². The molecule has 5 nitrogen and oxygen atoms in total.